The van der Waals surface area contributed by atoms with Crippen molar-refractivity contribution >= 4 is 22.5 Å². The zero-order chi connectivity index (χ0) is 22.5. The third-order valence-electron chi connectivity index (χ3n) is 5.85. The average Bonchev–Trinajstić information content (AvgIpc) is 3.02. The highest BCUT2D eigenvalue weighted by Gasteiger charge is 2.47. The van der Waals surface area contributed by atoms with Crippen molar-refractivity contribution in [1.29, 1.82) is 0 Å². The number of aliphatic hydroxyl groups is 1. The number of ether oxygens (including phenoxy) is 1. The number of hydrogen-bond donors (Lipinski definition) is 1. The van der Waals surface area contributed by atoms with Crippen LogP contribution >= 0.6 is 11.6 Å². The van der Waals surface area contributed by atoms with Crippen LogP contribution in [0.2, 0.25) is 5.02 Å². The van der Waals surface area contributed by atoms with Gasteiger partial charge in [0.25, 0.3) is 0 Å². The number of benzene rings is 1. The first-order chi connectivity index (χ1) is 14.6. The van der Waals surface area contributed by atoms with Crippen molar-refractivity contribution < 1.29 is 23.0 Å². The first kappa shape index (κ1) is 21.9. The van der Waals surface area contributed by atoms with E-state index in [2.05, 4.69) is 9.97 Å². The van der Waals surface area contributed by atoms with Gasteiger partial charge in [0.1, 0.15) is 11.9 Å². The van der Waals surface area contributed by atoms with Crippen molar-refractivity contribution in [2.45, 2.75) is 25.7 Å². The van der Waals surface area contributed by atoms with Crippen molar-refractivity contribution in [3.05, 3.63) is 52.1 Å². The molecular formula is C21H22ClF3N4O2. The van der Waals surface area contributed by atoms with E-state index in [1.807, 2.05) is 14.0 Å². The fourth-order valence-corrected chi connectivity index (χ4v) is 4.10. The van der Waals surface area contributed by atoms with E-state index in [-0.39, 0.29) is 25.5 Å². The summed E-state index contributed by atoms with van der Waals surface area (Å²) in [6, 6.07) is 5.23. The number of rotatable bonds is 5. The van der Waals surface area contributed by atoms with Gasteiger partial charge in [0.15, 0.2) is 0 Å². The number of aromatic nitrogens is 3. The Kier molecular flexibility index (Phi) is 5.61. The van der Waals surface area contributed by atoms with Crippen molar-refractivity contribution in [2.75, 3.05) is 20.2 Å². The van der Waals surface area contributed by atoms with Crippen LogP contribution in [-0.2, 0) is 13.6 Å². The lowest BCUT2D eigenvalue weighted by Crippen LogP contribution is -2.52. The van der Waals surface area contributed by atoms with Crippen LogP contribution in [0.3, 0.4) is 0 Å². The van der Waals surface area contributed by atoms with Gasteiger partial charge in [-0.3, -0.25) is 4.90 Å². The summed E-state index contributed by atoms with van der Waals surface area (Å²) in [5.41, 5.74) is 2.34. The van der Waals surface area contributed by atoms with Gasteiger partial charge in [-0.1, -0.05) is 17.7 Å². The van der Waals surface area contributed by atoms with Crippen molar-refractivity contribution in [1.82, 2.24) is 19.4 Å². The molecule has 1 atom stereocenters. The molecule has 31 heavy (non-hydrogen) atoms. The molecule has 1 aliphatic heterocycles. The number of imidazole rings is 1. The third-order valence-corrected chi connectivity index (χ3v) is 6.28. The zero-order valence-corrected chi connectivity index (χ0v) is 18.0. The number of fused-ring (bicyclic) bond motifs is 1. The predicted molar refractivity (Wildman–Crippen MR) is 110 cm³/mol. The average molecular weight is 455 g/mol. The van der Waals surface area contributed by atoms with Crippen LogP contribution in [-0.4, -0.2) is 50.9 Å². The van der Waals surface area contributed by atoms with Crippen LogP contribution in [0.1, 0.15) is 28.7 Å². The molecule has 0 radical (unpaired) electrons. The number of alkyl halides is 3. The topological polar surface area (TPSA) is 63.4 Å². The Morgan fingerprint density at radius 2 is 2.03 bits per heavy atom. The van der Waals surface area contributed by atoms with Crippen LogP contribution < -0.4 is 4.74 Å². The second kappa shape index (κ2) is 7.96. The van der Waals surface area contributed by atoms with Gasteiger partial charge in [-0.2, -0.15) is 13.2 Å². The van der Waals surface area contributed by atoms with E-state index in [1.165, 1.54) is 7.11 Å². The summed E-state index contributed by atoms with van der Waals surface area (Å²) in [4.78, 5) is 10.3. The van der Waals surface area contributed by atoms with Gasteiger partial charge in [-0.15, -0.1) is 0 Å². The Morgan fingerprint density at radius 1 is 1.32 bits per heavy atom. The summed E-state index contributed by atoms with van der Waals surface area (Å²) >= 11 is 6.67. The fraction of sp³-hybridized carbons (Fsp3) is 0.429. The number of nitrogens with zero attached hydrogens (tertiary/aromatic N) is 4. The van der Waals surface area contributed by atoms with Gasteiger partial charge in [-0.25, -0.2) is 9.97 Å². The summed E-state index contributed by atoms with van der Waals surface area (Å²) in [6.45, 7) is 1.87. The molecule has 0 amide bonds. The van der Waals surface area contributed by atoms with Crippen molar-refractivity contribution in [3.8, 4) is 5.88 Å². The first-order valence-corrected chi connectivity index (χ1v) is 10.1. The van der Waals surface area contributed by atoms with E-state index < -0.39 is 18.2 Å². The molecule has 0 saturated carbocycles. The molecule has 3 aromatic rings. The van der Waals surface area contributed by atoms with Crippen LogP contribution in [0.25, 0.3) is 10.9 Å². The van der Waals surface area contributed by atoms with Crippen LogP contribution in [0.15, 0.2) is 24.4 Å². The highest BCUT2D eigenvalue weighted by Crippen LogP contribution is 2.39. The highest BCUT2D eigenvalue weighted by molar-refractivity contribution is 6.36. The number of methoxy groups -OCH3 is 1. The number of aryl methyl sites for hydroxylation is 1. The molecule has 166 valence electrons. The van der Waals surface area contributed by atoms with Crippen molar-refractivity contribution in [2.24, 2.45) is 13.0 Å². The quantitative estimate of drug-likeness (QED) is 0.631. The molecule has 1 unspecified atom stereocenters. The molecule has 1 saturated heterocycles. The van der Waals surface area contributed by atoms with Gasteiger partial charge in [0.2, 0.25) is 5.88 Å². The number of likely N-dealkylation sites (tertiary alicyclic amines) is 1. The monoisotopic (exact) mass is 454 g/mol. The second-order valence-electron chi connectivity index (χ2n) is 7.81. The molecule has 6 nitrogen and oxygen atoms in total. The van der Waals surface area contributed by atoms with E-state index in [9.17, 15) is 18.3 Å². The molecule has 1 aliphatic rings. The largest absolute Gasteiger partial charge is 0.481 e. The Bertz CT molecular complexity index is 1130. The SMILES string of the molecule is COc1nc2ccc(C(O)c3cnc(C)n3C)cc2c(Cl)c1CN1CC(C(F)(F)F)C1. The fourth-order valence-electron chi connectivity index (χ4n) is 3.81. The maximum absolute atomic E-state index is 12.8. The van der Waals surface area contributed by atoms with Gasteiger partial charge < -0.3 is 14.4 Å². The number of hydrogen-bond acceptors (Lipinski definition) is 5. The predicted octanol–water partition coefficient (Wildman–Crippen LogP) is 4.01. The van der Waals surface area contributed by atoms with Crippen LogP contribution in [0.5, 0.6) is 5.88 Å². The van der Waals surface area contributed by atoms with Gasteiger partial charge in [0, 0.05) is 37.6 Å². The molecular weight excluding hydrogens is 433 g/mol. The number of aliphatic hydroxyl groups excluding tert-OH is 1. The normalized spacial score (nSPS) is 16.5. The molecule has 3 heterocycles. The maximum Gasteiger partial charge on any atom is 0.394 e. The molecule has 4 rings (SSSR count). The lowest BCUT2D eigenvalue weighted by molar-refractivity contribution is -0.210. The molecule has 2 aromatic heterocycles. The van der Waals surface area contributed by atoms with E-state index in [1.54, 1.807) is 33.9 Å². The molecule has 1 fully saturated rings. The Balaban J connectivity index is 1.67. The van der Waals surface area contributed by atoms with E-state index in [4.69, 9.17) is 16.3 Å². The van der Waals surface area contributed by atoms with Crippen LogP contribution in [0.4, 0.5) is 13.2 Å². The molecule has 0 aliphatic carbocycles. The second-order valence-corrected chi connectivity index (χ2v) is 8.19. The van der Waals surface area contributed by atoms with Crippen molar-refractivity contribution in [3.63, 3.8) is 0 Å². The molecule has 0 bridgehead atoms. The van der Waals surface area contributed by atoms with E-state index >= 15 is 0 Å². The standard InChI is InChI=1S/C21H22ClF3N4O2/c1-11-26-7-17(28(11)2)19(30)12-4-5-16-14(6-12)18(22)15(20(27-16)31-3)10-29-8-13(9-29)21(23,24)25/h4-7,13,19,30H,8-10H2,1-3H3. The number of pyridine rings is 1. The maximum atomic E-state index is 12.8. The molecule has 1 aromatic carbocycles. The minimum Gasteiger partial charge on any atom is -0.481 e. The molecule has 1 N–H and O–H groups in total. The van der Waals surface area contributed by atoms with Gasteiger partial charge in [-0.05, 0) is 24.6 Å². The summed E-state index contributed by atoms with van der Waals surface area (Å²) < 4.78 is 45.6. The Morgan fingerprint density at radius 3 is 2.61 bits per heavy atom. The third kappa shape index (κ3) is 3.97. The minimum atomic E-state index is -4.19. The molecule has 10 heteroatoms. The lowest BCUT2D eigenvalue weighted by Gasteiger charge is -2.40. The summed E-state index contributed by atoms with van der Waals surface area (Å²) in [5.74, 6) is -0.272. The van der Waals surface area contributed by atoms with Gasteiger partial charge in [0.05, 0.1) is 35.5 Å². The summed E-state index contributed by atoms with van der Waals surface area (Å²) in [7, 11) is 3.27. The van der Waals surface area contributed by atoms with E-state index in [0.717, 1.165) is 5.82 Å². The van der Waals surface area contributed by atoms with Gasteiger partial charge >= 0.3 is 6.18 Å². The zero-order valence-electron chi connectivity index (χ0n) is 17.2. The summed E-state index contributed by atoms with van der Waals surface area (Å²) in [6.07, 6.45) is -3.49. The Labute approximate surface area is 182 Å². The molecule has 0 spiro atoms. The van der Waals surface area contributed by atoms with E-state index in [0.29, 0.717) is 32.7 Å². The highest BCUT2D eigenvalue weighted by atomic mass is 35.5. The lowest BCUT2D eigenvalue weighted by atomic mass is 9.98. The minimum absolute atomic E-state index is 0.0837. The Hall–Kier alpha value is -2.36. The van der Waals surface area contributed by atoms with Crippen LogP contribution in [0, 0.1) is 12.8 Å². The number of halogens is 4. The summed E-state index contributed by atoms with van der Waals surface area (Å²) in [5, 5.41) is 11.8. The first-order valence-electron chi connectivity index (χ1n) is 9.71. The smallest absolute Gasteiger partial charge is 0.394 e.